The summed E-state index contributed by atoms with van der Waals surface area (Å²) in [6.45, 7) is 0. The van der Waals surface area contributed by atoms with Gasteiger partial charge >= 0.3 is 0 Å². The Morgan fingerprint density at radius 2 is 1.48 bits per heavy atom. The van der Waals surface area contributed by atoms with E-state index in [1.165, 1.54) is 0 Å². The van der Waals surface area contributed by atoms with Gasteiger partial charge in [-0.25, -0.2) is 5.53 Å². The first kappa shape index (κ1) is 14.6. The first-order valence-corrected chi connectivity index (χ1v) is 7.01. The van der Waals surface area contributed by atoms with E-state index in [1.807, 2.05) is 36.4 Å². The second-order valence-corrected chi connectivity index (χ2v) is 5.01. The third kappa shape index (κ3) is 2.98. The average Bonchev–Trinajstić information content (AvgIpc) is 2.62. The summed E-state index contributed by atoms with van der Waals surface area (Å²) in [6, 6.07) is 21.6. The third-order valence-electron chi connectivity index (χ3n) is 3.61. The van der Waals surface area contributed by atoms with Crippen LogP contribution in [0.15, 0.2) is 77.9 Å². The smallest absolute Gasteiger partial charge is 0.258 e. The van der Waals surface area contributed by atoms with E-state index < -0.39 is 0 Å². The summed E-state index contributed by atoms with van der Waals surface area (Å²) in [5.41, 5.74) is 10.6. The molecule has 0 saturated carbocycles. The van der Waals surface area contributed by atoms with Crippen molar-refractivity contribution in [2.45, 2.75) is 0 Å². The van der Waals surface area contributed by atoms with Gasteiger partial charge < -0.3 is 0 Å². The van der Waals surface area contributed by atoms with Crippen LogP contribution < -0.4 is 0 Å². The number of nitro benzene ring substituents is 1. The van der Waals surface area contributed by atoms with E-state index >= 15 is 0 Å². The fraction of sp³-hybridized carbons (Fsp3) is 0. The van der Waals surface area contributed by atoms with Gasteiger partial charge in [0, 0.05) is 6.07 Å². The van der Waals surface area contributed by atoms with Crippen LogP contribution in [0.1, 0.15) is 0 Å². The lowest BCUT2D eigenvalue weighted by atomic mass is 9.98. The Morgan fingerprint density at radius 1 is 0.826 bits per heavy atom. The molecule has 0 fully saturated rings. The monoisotopic (exact) mass is 303 g/mol. The Hall–Kier alpha value is -3.34. The third-order valence-corrected chi connectivity index (χ3v) is 3.61. The highest BCUT2D eigenvalue weighted by atomic mass is 16.6. The van der Waals surface area contributed by atoms with Gasteiger partial charge in [-0.15, -0.1) is 0 Å². The van der Waals surface area contributed by atoms with E-state index in [0.29, 0.717) is 11.3 Å². The number of nitrogens with one attached hydrogen (secondary N) is 1. The van der Waals surface area contributed by atoms with Crippen LogP contribution in [0.3, 0.4) is 0 Å². The zero-order valence-electron chi connectivity index (χ0n) is 12.1. The second-order valence-electron chi connectivity index (χ2n) is 5.01. The zero-order chi connectivity index (χ0) is 16.2. The minimum Gasteiger partial charge on any atom is -0.258 e. The molecule has 5 nitrogen and oxygen atoms in total. The number of hydrogen-bond donors (Lipinski definition) is 1. The van der Waals surface area contributed by atoms with Crippen LogP contribution in [0, 0.1) is 15.6 Å². The van der Waals surface area contributed by atoms with Crippen molar-refractivity contribution >= 4 is 11.4 Å². The molecule has 0 aliphatic rings. The van der Waals surface area contributed by atoms with E-state index in [2.05, 4.69) is 5.11 Å². The Balaban J connectivity index is 2.10. The molecular formula is C18H13N3O2. The lowest BCUT2D eigenvalue weighted by molar-refractivity contribution is -0.384. The molecule has 1 N–H and O–H groups in total. The maximum absolute atomic E-state index is 11.5. The molecule has 0 radical (unpaired) electrons. The highest BCUT2D eigenvalue weighted by Gasteiger charge is 2.16. The summed E-state index contributed by atoms with van der Waals surface area (Å²) in [5, 5.41) is 14.8. The average molecular weight is 303 g/mol. The number of hydrogen-bond acceptors (Lipinski definition) is 4. The fourth-order valence-electron chi connectivity index (χ4n) is 2.45. The molecule has 0 atom stereocenters. The van der Waals surface area contributed by atoms with Gasteiger partial charge in [-0.05, 0) is 34.9 Å². The SMILES string of the molecule is N=Nc1ccc(-c2ccc(-c3ccccc3)cc2[N+](=O)[O-])cc1. The minimum atomic E-state index is -0.370. The predicted octanol–water partition coefficient (Wildman–Crippen LogP) is 5.59. The summed E-state index contributed by atoms with van der Waals surface area (Å²) in [4.78, 5) is 11.1. The van der Waals surface area contributed by atoms with E-state index in [-0.39, 0.29) is 10.6 Å². The van der Waals surface area contributed by atoms with Crippen LogP contribution in [0.2, 0.25) is 0 Å². The molecule has 3 rings (SSSR count). The quantitative estimate of drug-likeness (QED) is 0.387. The molecule has 112 valence electrons. The summed E-state index contributed by atoms with van der Waals surface area (Å²) >= 11 is 0. The maximum atomic E-state index is 11.5. The molecule has 0 heterocycles. The molecular weight excluding hydrogens is 290 g/mol. The Kier molecular flexibility index (Phi) is 3.93. The molecule has 0 aliphatic heterocycles. The van der Waals surface area contributed by atoms with Crippen molar-refractivity contribution < 1.29 is 4.92 Å². The van der Waals surface area contributed by atoms with Crippen LogP contribution in [0.4, 0.5) is 11.4 Å². The van der Waals surface area contributed by atoms with E-state index in [0.717, 1.165) is 16.7 Å². The van der Waals surface area contributed by atoms with Gasteiger partial charge in [0.2, 0.25) is 0 Å². The summed E-state index contributed by atoms with van der Waals surface area (Å²) < 4.78 is 0. The van der Waals surface area contributed by atoms with Crippen molar-refractivity contribution in [3.05, 3.63) is 82.9 Å². The van der Waals surface area contributed by atoms with E-state index in [4.69, 9.17) is 5.53 Å². The molecule has 0 saturated heterocycles. The van der Waals surface area contributed by atoms with Crippen molar-refractivity contribution in [1.29, 1.82) is 5.53 Å². The molecule has 0 unspecified atom stereocenters. The molecule has 5 heteroatoms. The standard InChI is InChI=1S/C18H13N3O2/c19-20-16-9-6-14(7-10-16)17-11-8-15(12-18(17)21(22)23)13-4-2-1-3-5-13/h1-12,19H. The van der Waals surface area contributed by atoms with Crippen molar-refractivity contribution in [2.75, 3.05) is 0 Å². The highest BCUT2D eigenvalue weighted by molar-refractivity contribution is 5.79. The Morgan fingerprint density at radius 3 is 2.09 bits per heavy atom. The van der Waals surface area contributed by atoms with Crippen molar-refractivity contribution in [1.82, 2.24) is 0 Å². The van der Waals surface area contributed by atoms with Crippen molar-refractivity contribution in [2.24, 2.45) is 5.11 Å². The van der Waals surface area contributed by atoms with Crippen LogP contribution in [-0.4, -0.2) is 4.92 Å². The van der Waals surface area contributed by atoms with Crippen LogP contribution in [0.5, 0.6) is 0 Å². The first-order chi connectivity index (χ1) is 11.2. The topological polar surface area (TPSA) is 79.3 Å². The van der Waals surface area contributed by atoms with Gasteiger partial charge in [-0.1, -0.05) is 48.5 Å². The van der Waals surface area contributed by atoms with Gasteiger partial charge in [0.15, 0.2) is 0 Å². The molecule has 0 bridgehead atoms. The number of nitrogens with zero attached hydrogens (tertiary/aromatic N) is 2. The maximum Gasteiger partial charge on any atom is 0.277 e. The summed E-state index contributed by atoms with van der Waals surface area (Å²) in [5.74, 6) is 0. The van der Waals surface area contributed by atoms with Crippen LogP contribution in [0.25, 0.3) is 22.3 Å². The van der Waals surface area contributed by atoms with Crippen LogP contribution >= 0.6 is 0 Å². The molecule has 23 heavy (non-hydrogen) atoms. The second kappa shape index (κ2) is 6.19. The molecule has 0 spiro atoms. The predicted molar refractivity (Wildman–Crippen MR) is 88.8 cm³/mol. The molecule has 0 aliphatic carbocycles. The van der Waals surface area contributed by atoms with Gasteiger partial charge in [0.05, 0.1) is 16.2 Å². The Labute approximate surface area is 132 Å². The van der Waals surface area contributed by atoms with Crippen LogP contribution in [-0.2, 0) is 0 Å². The summed E-state index contributed by atoms with van der Waals surface area (Å²) in [7, 11) is 0. The molecule has 0 aromatic heterocycles. The van der Waals surface area contributed by atoms with Crippen molar-refractivity contribution in [3.8, 4) is 22.3 Å². The normalized spacial score (nSPS) is 10.3. The number of rotatable bonds is 4. The van der Waals surface area contributed by atoms with Gasteiger partial charge in [0.1, 0.15) is 0 Å². The van der Waals surface area contributed by atoms with Crippen molar-refractivity contribution in [3.63, 3.8) is 0 Å². The minimum absolute atomic E-state index is 0.0573. The highest BCUT2D eigenvalue weighted by Crippen LogP contribution is 2.34. The molecule has 3 aromatic rings. The number of nitro groups is 1. The van der Waals surface area contributed by atoms with Gasteiger partial charge in [-0.3, -0.25) is 10.1 Å². The van der Waals surface area contributed by atoms with Gasteiger partial charge in [0.25, 0.3) is 5.69 Å². The molecule has 0 amide bonds. The Bertz CT molecular complexity index is 859. The van der Waals surface area contributed by atoms with E-state index in [1.54, 1.807) is 36.4 Å². The largest absolute Gasteiger partial charge is 0.277 e. The fourth-order valence-corrected chi connectivity index (χ4v) is 2.45. The summed E-state index contributed by atoms with van der Waals surface area (Å²) in [6.07, 6.45) is 0. The first-order valence-electron chi connectivity index (χ1n) is 7.01. The van der Waals surface area contributed by atoms with E-state index in [9.17, 15) is 10.1 Å². The zero-order valence-corrected chi connectivity index (χ0v) is 12.1. The van der Waals surface area contributed by atoms with Gasteiger partial charge in [-0.2, -0.15) is 5.11 Å². The number of benzene rings is 3. The molecule has 3 aromatic carbocycles. The lowest BCUT2D eigenvalue weighted by Gasteiger charge is -2.07. The lowest BCUT2D eigenvalue weighted by Crippen LogP contribution is -1.93.